The van der Waals surface area contributed by atoms with E-state index in [1.54, 1.807) is 19.2 Å². The zero-order valence-electron chi connectivity index (χ0n) is 18.9. The zero-order valence-corrected chi connectivity index (χ0v) is 18.9. The number of hydrogen-bond donors (Lipinski definition) is 1. The standard InChI is InChI=1S/C24H27FN6O/c1-15-11-16(2)26-23-22(15)24-27-17(3)12-21(31(24)28-23)30-9-7-29(8-10-30)14-18-13-19(25)5-6-20(18)32-4/h5-6,11-13H,7-10,14H2,1-4H3/p+1. The summed E-state index contributed by atoms with van der Waals surface area (Å²) in [6.45, 7) is 10.5. The highest BCUT2D eigenvalue weighted by atomic mass is 19.1. The first-order valence-corrected chi connectivity index (χ1v) is 11.0. The molecule has 1 fully saturated rings. The number of ether oxygens (including phenoxy) is 1. The summed E-state index contributed by atoms with van der Waals surface area (Å²) in [5, 5.41) is 5.83. The third kappa shape index (κ3) is 3.64. The third-order valence-electron chi connectivity index (χ3n) is 6.26. The van der Waals surface area contributed by atoms with E-state index in [2.05, 4.69) is 28.9 Å². The maximum Gasteiger partial charge on any atom is 0.184 e. The molecule has 0 spiro atoms. The number of aryl methyl sites for hydroxylation is 3. The average Bonchev–Trinajstić information content (AvgIpc) is 3.12. The number of benzene rings is 1. The molecule has 0 bridgehead atoms. The van der Waals surface area contributed by atoms with Gasteiger partial charge in [0.2, 0.25) is 0 Å². The molecule has 4 aromatic rings. The summed E-state index contributed by atoms with van der Waals surface area (Å²) in [5.41, 5.74) is 5.58. The highest BCUT2D eigenvalue weighted by Gasteiger charge is 2.25. The molecule has 1 saturated heterocycles. The highest BCUT2D eigenvalue weighted by Crippen LogP contribution is 2.26. The summed E-state index contributed by atoms with van der Waals surface area (Å²) in [7, 11) is 1.63. The van der Waals surface area contributed by atoms with Crippen LogP contribution in [-0.2, 0) is 6.54 Å². The van der Waals surface area contributed by atoms with Crippen LogP contribution in [0.3, 0.4) is 0 Å². The first-order valence-electron chi connectivity index (χ1n) is 11.0. The molecule has 1 aliphatic rings. The number of halogens is 1. The van der Waals surface area contributed by atoms with Crippen molar-refractivity contribution in [3.8, 4) is 5.75 Å². The molecule has 32 heavy (non-hydrogen) atoms. The summed E-state index contributed by atoms with van der Waals surface area (Å²) in [5.74, 6) is 1.57. The molecular formula is C24H28FN6O+. The molecule has 0 saturated carbocycles. The van der Waals surface area contributed by atoms with Gasteiger partial charge < -0.3 is 14.5 Å². The van der Waals surface area contributed by atoms with Crippen LogP contribution in [0.25, 0.3) is 16.7 Å². The zero-order chi connectivity index (χ0) is 22.4. The predicted octanol–water partition coefficient (Wildman–Crippen LogP) is 2.26. The third-order valence-corrected chi connectivity index (χ3v) is 6.26. The molecule has 8 heteroatoms. The Labute approximate surface area is 186 Å². The van der Waals surface area contributed by atoms with E-state index in [9.17, 15) is 4.39 Å². The van der Waals surface area contributed by atoms with Crippen molar-refractivity contribution in [2.75, 3.05) is 38.2 Å². The van der Waals surface area contributed by atoms with E-state index in [1.807, 2.05) is 18.4 Å². The molecule has 1 N–H and O–H groups in total. The Kier molecular flexibility index (Phi) is 5.17. The maximum absolute atomic E-state index is 13.8. The number of anilines is 1. The van der Waals surface area contributed by atoms with E-state index >= 15 is 0 Å². The molecule has 4 heterocycles. The number of rotatable bonds is 4. The van der Waals surface area contributed by atoms with Crippen LogP contribution in [0.15, 0.2) is 30.3 Å². The number of nitrogens with zero attached hydrogens (tertiary/aromatic N) is 5. The van der Waals surface area contributed by atoms with Crippen LogP contribution in [-0.4, -0.2) is 52.9 Å². The van der Waals surface area contributed by atoms with Crippen molar-refractivity contribution in [3.63, 3.8) is 0 Å². The normalized spacial score (nSPS) is 15.1. The number of pyridine rings is 1. The van der Waals surface area contributed by atoms with Gasteiger partial charge in [-0.15, -0.1) is 5.10 Å². The fourth-order valence-corrected chi connectivity index (χ4v) is 4.73. The Morgan fingerprint density at radius 3 is 2.53 bits per heavy atom. The largest absolute Gasteiger partial charge is 0.496 e. The molecule has 0 amide bonds. The lowest BCUT2D eigenvalue weighted by molar-refractivity contribution is -0.914. The number of methoxy groups -OCH3 is 1. The average molecular weight is 436 g/mol. The molecule has 1 aromatic carbocycles. The molecule has 0 unspecified atom stereocenters. The molecule has 3 aromatic heterocycles. The predicted molar refractivity (Wildman–Crippen MR) is 122 cm³/mol. The summed E-state index contributed by atoms with van der Waals surface area (Å²) >= 11 is 0. The number of quaternary nitrogens is 1. The quantitative estimate of drug-likeness (QED) is 0.533. The number of nitrogens with one attached hydrogen (secondary N) is 1. The van der Waals surface area contributed by atoms with Gasteiger partial charge >= 0.3 is 0 Å². The van der Waals surface area contributed by atoms with Crippen molar-refractivity contribution < 1.29 is 14.0 Å². The van der Waals surface area contributed by atoms with Gasteiger partial charge in [0.1, 0.15) is 23.9 Å². The second-order valence-electron chi connectivity index (χ2n) is 8.64. The molecule has 1 aliphatic heterocycles. The molecule has 5 rings (SSSR count). The lowest BCUT2D eigenvalue weighted by atomic mass is 10.1. The minimum Gasteiger partial charge on any atom is -0.496 e. The van der Waals surface area contributed by atoms with Crippen molar-refractivity contribution >= 4 is 22.5 Å². The van der Waals surface area contributed by atoms with E-state index in [4.69, 9.17) is 14.8 Å². The second kappa shape index (κ2) is 8.02. The minimum absolute atomic E-state index is 0.224. The maximum atomic E-state index is 13.8. The van der Waals surface area contributed by atoms with Crippen LogP contribution in [0.4, 0.5) is 10.2 Å². The number of piperazine rings is 1. The number of hydrogen-bond acceptors (Lipinski definition) is 5. The monoisotopic (exact) mass is 435 g/mol. The Morgan fingerprint density at radius 2 is 1.78 bits per heavy atom. The molecule has 0 radical (unpaired) electrons. The van der Waals surface area contributed by atoms with Crippen molar-refractivity contribution in [2.45, 2.75) is 27.3 Å². The second-order valence-corrected chi connectivity index (χ2v) is 8.64. The van der Waals surface area contributed by atoms with Crippen molar-refractivity contribution in [3.05, 3.63) is 58.7 Å². The van der Waals surface area contributed by atoms with E-state index in [1.165, 1.54) is 11.0 Å². The smallest absolute Gasteiger partial charge is 0.184 e. The Hall–Kier alpha value is -3.26. The van der Waals surface area contributed by atoms with E-state index in [0.717, 1.165) is 83.5 Å². The lowest BCUT2D eigenvalue weighted by Gasteiger charge is -2.33. The van der Waals surface area contributed by atoms with Gasteiger partial charge in [-0.05, 0) is 50.6 Å². The van der Waals surface area contributed by atoms with Gasteiger partial charge in [-0.1, -0.05) is 0 Å². The lowest BCUT2D eigenvalue weighted by Crippen LogP contribution is -3.13. The molecular weight excluding hydrogens is 407 g/mol. The van der Waals surface area contributed by atoms with Gasteiger partial charge in [0.15, 0.2) is 11.3 Å². The highest BCUT2D eigenvalue weighted by molar-refractivity contribution is 5.93. The Morgan fingerprint density at radius 1 is 1.03 bits per heavy atom. The fraction of sp³-hybridized carbons (Fsp3) is 0.375. The van der Waals surface area contributed by atoms with Crippen LogP contribution in [0.2, 0.25) is 0 Å². The Balaban J connectivity index is 1.42. The van der Waals surface area contributed by atoms with Gasteiger partial charge in [-0.3, -0.25) is 0 Å². The van der Waals surface area contributed by atoms with Gasteiger partial charge in [-0.25, -0.2) is 14.4 Å². The minimum atomic E-state index is -0.224. The fourth-order valence-electron chi connectivity index (χ4n) is 4.73. The summed E-state index contributed by atoms with van der Waals surface area (Å²) in [4.78, 5) is 13.2. The summed E-state index contributed by atoms with van der Waals surface area (Å²) in [6.07, 6.45) is 0. The van der Waals surface area contributed by atoms with Crippen LogP contribution < -0.4 is 14.5 Å². The topological polar surface area (TPSA) is 60.0 Å². The molecule has 0 atom stereocenters. The van der Waals surface area contributed by atoms with E-state index in [0.29, 0.717) is 0 Å². The van der Waals surface area contributed by atoms with E-state index < -0.39 is 0 Å². The molecule has 7 nitrogen and oxygen atoms in total. The SMILES string of the molecule is COc1ccc(F)cc1C[NH+]1CCN(c2cc(C)nc3c4c(C)cc(C)nc4nn23)CC1. The van der Waals surface area contributed by atoms with Gasteiger partial charge in [0.05, 0.1) is 44.2 Å². The van der Waals surface area contributed by atoms with Crippen molar-refractivity contribution in [1.29, 1.82) is 0 Å². The first-order chi connectivity index (χ1) is 15.4. The van der Waals surface area contributed by atoms with Crippen LogP contribution in [0, 0.1) is 26.6 Å². The molecule has 166 valence electrons. The van der Waals surface area contributed by atoms with Crippen LogP contribution in [0.5, 0.6) is 5.75 Å². The summed E-state index contributed by atoms with van der Waals surface area (Å²) in [6, 6.07) is 8.91. The van der Waals surface area contributed by atoms with Gasteiger partial charge in [0.25, 0.3) is 0 Å². The van der Waals surface area contributed by atoms with Gasteiger partial charge in [-0.2, -0.15) is 4.52 Å². The first kappa shape index (κ1) is 20.6. The van der Waals surface area contributed by atoms with Crippen molar-refractivity contribution in [2.24, 2.45) is 0 Å². The van der Waals surface area contributed by atoms with Crippen LogP contribution >= 0.6 is 0 Å². The van der Waals surface area contributed by atoms with Gasteiger partial charge in [0, 0.05) is 17.5 Å². The number of aromatic nitrogens is 4. The summed E-state index contributed by atoms with van der Waals surface area (Å²) < 4.78 is 21.1. The number of fused-ring (bicyclic) bond motifs is 3. The Bertz CT molecular complexity index is 1310. The molecule has 0 aliphatic carbocycles. The van der Waals surface area contributed by atoms with Crippen molar-refractivity contribution in [1.82, 2.24) is 19.6 Å². The van der Waals surface area contributed by atoms with E-state index in [-0.39, 0.29) is 5.82 Å². The van der Waals surface area contributed by atoms with Crippen LogP contribution in [0.1, 0.15) is 22.5 Å².